The van der Waals surface area contributed by atoms with Crippen molar-refractivity contribution >= 4 is 45.8 Å². The number of carbonyl (C=O) groups excluding carboxylic acids is 1. The first kappa shape index (κ1) is 26.2. The Balaban J connectivity index is 1.12. The minimum atomic E-state index is 0.0329. The summed E-state index contributed by atoms with van der Waals surface area (Å²) in [6.07, 6.45) is 1.97. The van der Waals surface area contributed by atoms with Gasteiger partial charge in [-0.3, -0.25) is 9.69 Å². The molecule has 0 aliphatic carbocycles. The number of rotatable bonds is 6. The molecule has 2 saturated heterocycles. The Hall–Kier alpha value is -3.06. The molecule has 3 heterocycles. The largest absolute Gasteiger partial charge is 0.368 e. The number of piperidine rings is 1. The molecule has 202 valence electrons. The Kier molecular flexibility index (Phi) is 7.78. The predicted molar refractivity (Wildman–Crippen MR) is 159 cm³/mol. The Morgan fingerprint density at radius 2 is 1.64 bits per heavy atom. The van der Waals surface area contributed by atoms with Crippen molar-refractivity contribution in [2.24, 2.45) is 5.92 Å². The van der Waals surface area contributed by atoms with E-state index < -0.39 is 0 Å². The number of amides is 1. The predicted octanol–water partition coefficient (Wildman–Crippen LogP) is 5.95. The Labute approximate surface area is 239 Å². The highest BCUT2D eigenvalue weighted by Crippen LogP contribution is 2.26. The van der Waals surface area contributed by atoms with Gasteiger partial charge in [0.05, 0.1) is 23.5 Å². The van der Waals surface area contributed by atoms with Crippen molar-refractivity contribution in [3.05, 3.63) is 94.2 Å². The van der Waals surface area contributed by atoms with Crippen molar-refractivity contribution < 1.29 is 4.79 Å². The summed E-state index contributed by atoms with van der Waals surface area (Å²) >= 11 is 12.3. The summed E-state index contributed by atoms with van der Waals surface area (Å²) in [6, 6.07) is 24.3. The maximum Gasteiger partial charge on any atom is 0.227 e. The smallest absolute Gasteiger partial charge is 0.227 e. The number of nitrogens with zero attached hydrogens (tertiary/aromatic N) is 5. The quantitative estimate of drug-likeness (QED) is 0.291. The summed E-state index contributed by atoms with van der Waals surface area (Å²) in [7, 11) is 0. The first-order chi connectivity index (χ1) is 19.0. The molecule has 39 heavy (non-hydrogen) atoms. The van der Waals surface area contributed by atoms with Crippen LogP contribution in [0.15, 0.2) is 72.8 Å². The summed E-state index contributed by atoms with van der Waals surface area (Å²) < 4.78 is 2.30. The molecule has 0 radical (unpaired) electrons. The number of likely N-dealkylation sites (tertiary alicyclic amines) is 1. The molecule has 6 nitrogen and oxygen atoms in total. The summed E-state index contributed by atoms with van der Waals surface area (Å²) in [5.41, 5.74) is 4.45. The zero-order valence-electron chi connectivity index (χ0n) is 22.0. The third kappa shape index (κ3) is 5.93. The van der Waals surface area contributed by atoms with Gasteiger partial charge in [0.25, 0.3) is 0 Å². The van der Waals surface area contributed by atoms with Crippen LogP contribution in [0.1, 0.15) is 24.2 Å². The highest BCUT2D eigenvalue weighted by atomic mass is 35.5. The fraction of sp³-hybridized carbons (Fsp3) is 0.355. The van der Waals surface area contributed by atoms with E-state index in [1.807, 2.05) is 36.4 Å². The Morgan fingerprint density at radius 3 is 2.44 bits per heavy atom. The van der Waals surface area contributed by atoms with Crippen LogP contribution in [-0.4, -0.2) is 64.5 Å². The minimum absolute atomic E-state index is 0.0329. The van der Waals surface area contributed by atoms with Crippen molar-refractivity contribution in [3.63, 3.8) is 0 Å². The summed E-state index contributed by atoms with van der Waals surface area (Å²) in [6.45, 7) is 6.38. The van der Waals surface area contributed by atoms with Gasteiger partial charge in [-0.15, -0.1) is 0 Å². The monoisotopic (exact) mass is 561 g/mol. The normalized spacial score (nSPS) is 18.6. The van der Waals surface area contributed by atoms with Crippen molar-refractivity contribution in [2.75, 3.05) is 44.2 Å². The van der Waals surface area contributed by atoms with Gasteiger partial charge in [-0.05, 0) is 67.4 Å². The van der Waals surface area contributed by atoms with Gasteiger partial charge in [-0.1, -0.05) is 53.5 Å². The third-order valence-electron chi connectivity index (χ3n) is 7.97. The second kappa shape index (κ2) is 11.6. The first-order valence-corrected chi connectivity index (χ1v) is 14.5. The summed E-state index contributed by atoms with van der Waals surface area (Å²) in [4.78, 5) is 25.3. The SMILES string of the molecule is O=C([C@H]1CCCN(Cc2nc3ccccc3n2Cc2ccc(Cl)cc2)C1)N1CCN(c2cccc(Cl)c2)CC1. The molecule has 0 spiro atoms. The molecule has 1 amide bonds. The minimum Gasteiger partial charge on any atom is -0.368 e. The molecule has 4 aromatic rings. The van der Waals surface area contributed by atoms with E-state index in [9.17, 15) is 4.79 Å². The Morgan fingerprint density at radius 1 is 0.846 bits per heavy atom. The van der Waals surface area contributed by atoms with Crippen LogP contribution in [-0.2, 0) is 17.9 Å². The first-order valence-electron chi connectivity index (χ1n) is 13.7. The van der Waals surface area contributed by atoms with Gasteiger partial charge < -0.3 is 14.4 Å². The number of aromatic nitrogens is 2. The number of imidazole rings is 1. The number of fused-ring (bicyclic) bond motifs is 1. The summed E-state index contributed by atoms with van der Waals surface area (Å²) in [5, 5.41) is 1.49. The average Bonchev–Trinajstić information content (AvgIpc) is 3.30. The van der Waals surface area contributed by atoms with Crippen molar-refractivity contribution in [1.29, 1.82) is 0 Å². The van der Waals surface area contributed by atoms with Gasteiger partial charge in [-0.2, -0.15) is 0 Å². The zero-order chi connectivity index (χ0) is 26.8. The van der Waals surface area contributed by atoms with Gasteiger partial charge in [0.1, 0.15) is 5.82 Å². The molecule has 0 N–H and O–H groups in total. The molecule has 6 rings (SSSR count). The number of anilines is 1. The van der Waals surface area contributed by atoms with Crippen molar-refractivity contribution in [3.8, 4) is 0 Å². The topological polar surface area (TPSA) is 44.6 Å². The number of halogens is 2. The molecule has 3 aromatic carbocycles. The molecule has 8 heteroatoms. The lowest BCUT2D eigenvalue weighted by Gasteiger charge is -2.39. The van der Waals surface area contributed by atoms with Crippen LogP contribution < -0.4 is 4.90 Å². The van der Waals surface area contributed by atoms with Crippen LogP contribution in [0.2, 0.25) is 10.0 Å². The molecule has 2 fully saturated rings. The fourth-order valence-corrected chi connectivity index (χ4v) is 6.22. The molecular formula is C31H33Cl2N5O. The van der Waals surface area contributed by atoms with Gasteiger partial charge in [0.15, 0.2) is 0 Å². The number of para-hydroxylation sites is 2. The summed E-state index contributed by atoms with van der Waals surface area (Å²) in [5.74, 6) is 1.36. The number of hydrogen-bond donors (Lipinski definition) is 0. The fourth-order valence-electron chi connectivity index (χ4n) is 5.91. The Bertz CT molecular complexity index is 1450. The number of piperazine rings is 1. The number of carbonyl (C=O) groups is 1. The van der Waals surface area contributed by atoms with E-state index in [2.05, 4.69) is 55.7 Å². The van der Waals surface area contributed by atoms with Crippen LogP contribution in [0, 0.1) is 5.92 Å². The zero-order valence-corrected chi connectivity index (χ0v) is 23.5. The maximum atomic E-state index is 13.6. The molecule has 0 saturated carbocycles. The van der Waals surface area contributed by atoms with Gasteiger partial charge in [-0.25, -0.2) is 4.98 Å². The number of benzene rings is 3. The van der Waals surface area contributed by atoms with E-state index in [1.54, 1.807) is 0 Å². The number of hydrogen-bond acceptors (Lipinski definition) is 4. The van der Waals surface area contributed by atoms with E-state index in [1.165, 1.54) is 5.56 Å². The highest BCUT2D eigenvalue weighted by Gasteiger charge is 2.31. The highest BCUT2D eigenvalue weighted by molar-refractivity contribution is 6.31. The molecule has 0 bridgehead atoms. The van der Waals surface area contributed by atoms with Gasteiger partial charge in [0.2, 0.25) is 5.91 Å². The maximum absolute atomic E-state index is 13.6. The molecule has 1 aromatic heterocycles. The standard InChI is InChI=1S/C31H33Cl2N5O/c32-25-12-10-23(11-13-25)20-38-29-9-2-1-8-28(29)34-30(38)22-35-14-4-5-24(21-35)31(39)37-17-15-36(16-18-37)27-7-3-6-26(33)19-27/h1-3,6-13,19,24H,4-5,14-18,20-22H2/t24-/m0/s1. The van der Waals surface area contributed by atoms with E-state index in [4.69, 9.17) is 28.2 Å². The van der Waals surface area contributed by atoms with Gasteiger partial charge in [0, 0.05) is 55.0 Å². The van der Waals surface area contributed by atoms with Crippen LogP contribution in [0.3, 0.4) is 0 Å². The molecule has 2 aliphatic heterocycles. The van der Waals surface area contributed by atoms with E-state index in [-0.39, 0.29) is 5.92 Å². The second-order valence-electron chi connectivity index (χ2n) is 10.6. The second-order valence-corrected chi connectivity index (χ2v) is 11.5. The lowest BCUT2D eigenvalue weighted by atomic mass is 9.96. The van der Waals surface area contributed by atoms with Crippen LogP contribution >= 0.6 is 23.2 Å². The van der Waals surface area contributed by atoms with E-state index in [0.29, 0.717) is 5.91 Å². The lowest BCUT2D eigenvalue weighted by molar-refractivity contribution is -0.137. The van der Waals surface area contributed by atoms with Crippen molar-refractivity contribution in [2.45, 2.75) is 25.9 Å². The van der Waals surface area contributed by atoms with Gasteiger partial charge >= 0.3 is 0 Å². The average molecular weight is 563 g/mol. The van der Waals surface area contributed by atoms with Crippen LogP contribution in [0.4, 0.5) is 5.69 Å². The molecular weight excluding hydrogens is 529 g/mol. The van der Waals surface area contributed by atoms with E-state index >= 15 is 0 Å². The third-order valence-corrected chi connectivity index (χ3v) is 8.46. The molecule has 0 unspecified atom stereocenters. The van der Waals surface area contributed by atoms with Crippen LogP contribution in [0.5, 0.6) is 0 Å². The van der Waals surface area contributed by atoms with Crippen LogP contribution in [0.25, 0.3) is 11.0 Å². The van der Waals surface area contributed by atoms with E-state index in [0.717, 1.165) is 97.8 Å². The lowest BCUT2D eigenvalue weighted by Crippen LogP contribution is -2.52. The molecule has 2 aliphatic rings. The molecule has 1 atom stereocenters. The van der Waals surface area contributed by atoms with Crippen molar-refractivity contribution in [1.82, 2.24) is 19.4 Å².